The summed E-state index contributed by atoms with van der Waals surface area (Å²) in [5.74, 6) is -0.369. The molecule has 0 aliphatic carbocycles. The van der Waals surface area contributed by atoms with E-state index < -0.39 is 31.0 Å². The Hall–Kier alpha value is -0.820. The van der Waals surface area contributed by atoms with Crippen molar-refractivity contribution in [2.75, 3.05) is 6.61 Å². The molecular weight excluding hydrogens is 264 g/mol. The molecule has 0 saturated carbocycles. The lowest BCUT2D eigenvalue weighted by atomic mass is 9.85. The molecular formula is C14H24O6. The highest BCUT2D eigenvalue weighted by molar-refractivity contribution is 5.80. The highest BCUT2D eigenvalue weighted by atomic mass is 16.5. The van der Waals surface area contributed by atoms with E-state index in [4.69, 9.17) is 9.84 Å². The van der Waals surface area contributed by atoms with Crippen LogP contribution in [0.5, 0.6) is 0 Å². The molecule has 0 aromatic rings. The average molecular weight is 288 g/mol. The van der Waals surface area contributed by atoms with Crippen LogP contribution < -0.4 is 0 Å². The summed E-state index contributed by atoms with van der Waals surface area (Å²) >= 11 is 0. The van der Waals surface area contributed by atoms with E-state index >= 15 is 0 Å². The maximum atomic E-state index is 11.8. The van der Waals surface area contributed by atoms with Crippen molar-refractivity contribution in [2.24, 2.45) is 5.92 Å². The molecule has 116 valence electrons. The number of ether oxygens (including phenoxy) is 1. The first-order chi connectivity index (χ1) is 9.36. The van der Waals surface area contributed by atoms with Gasteiger partial charge in [0, 0.05) is 25.2 Å². The lowest BCUT2D eigenvalue weighted by Gasteiger charge is -2.41. The van der Waals surface area contributed by atoms with Crippen LogP contribution in [-0.2, 0) is 14.3 Å². The van der Waals surface area contributed by atoms with Crippen LogP contribution in [0.4, 0.5) is 0 Å². The maximum absolute atomic E-state index is 11.8. The number of carbonyl (C=O) groups is 2. The molecule has 1 aliphatic rings. The lowest BCUT2D eigenvalue weighted by Crippen LogP contribution is -2.55. The van der Waals surface area contributed by atoms with Crippen molar-refractivity contribution in [3.63, 3.8) is 0 Å². The van der Waals surface area contributed by atoms with Gasteiger partial charge in [0.1, 0.15) is 23.8 Å². The van der Waals surface area contributed by atoms with E-state index in [-0.39, 0.29) is 23.9 Å². The Morgan fingerprint density at radius 1 is 1.10 bits per heavy atom. The fourth-order valence-electron chi connectivity index (χ4n) is 2.43. The minimum atomic E-state index is -1.14. The molecule has 1 aliphatic heterocycles. The minimum absolute atomic E-state index is 0.0385. The first kappa shape index (κ1) is 17.2. The summed E-state index contributed by atoms with van der Waals surface area (Å²) < 4.78 is 5.48. The molecule has 1 fully saturated rings. The fourth-order valence-corrected chi connectivity index (χ4v) is 2.43. The van der Waals surface area contributed by atoms with E-state index in [1.807, 2.05) is 0 Å². The van der Waals surface area contributed by atoms with Crippen molar-refractivity contribution in [3.8, 4) is 0 Å². The molecule has 5 atom stereocenters. The second-order valence-electron chi connectivity index (χ2n) is 5.53. The zero-order valence-electron chi connectivity index (χ0n) is 12.0. The molecule has 6 heteroatoms. The van der Waals surface area contributed by atoms with Gasteiger partial charge in [0.05, 0.1) is 18.8 Å². The summed E-state index contributed by atoms with van der Waals surface area (Å²) in [4.78, 5) is 22.6. The van der Waals surface area contributed by atoms with E-state index in [2.05, 4.69) is 0 Å². The van der Waals surface area contributed by atoms with Crippen LogP contribution in [0.15, 0.2) is 0 Å². The van der Waals surface area contributed by atoms with Gasteiger partial charge in [0.25, 0.3) is 0 Å². The molecule has 1 rings (SSSR count). The number of Topliss-reactive ketones (excluding diaryl/α,β-unsaturated/α-hetero) is 2. The third kappa shape index (κ3) is 4.63. The number of ketones is 2. The van der Waals surface area contributed by atoms with Gasteiger partial charge in [-0.2, -0.15) is 0 Å². The Morgan fingerprint density at radius 2 is 1.75 bits per heavy atom. The standard InChI is InChI=1S/C14H24O6/c1-8(16)4-3-5-10(17)6-11-9(2)13(18)14(19)12(7-15)20-11/h9,11-15,18-19H,3-7H2,1-2H3. The van der Waals surface area contributed by atoms with E-state index in [1.54, 1.807) is 6.92 Å². The van der Waals surface area contributed by atoms with Crippen molar-refractivity contribution in [1.29, 1.82) is 0 Å². The molecule has 1 heterocycles. The smallest absolute Gasteiger partial charge is 0.135 e. The first-order valence-electron chi connectivity index (χ1n) is 7.00. The number of carbonyl (C=O) groups excluding carboxylic acids is 2. The van der Waals surface area contributed by atoms with Gasteiger partial charge in [-0.25, -0.2) is 0 Å². The Kier molecular flexibility index (Phi) is 6.75. The molecule has 0 aromatic carbocycles. The van der Waals surface area contributed by atoms with Crippen LogP contribution in [0, 0.1) is 5.92 Å². The summed E-state index contributed by atoms with van der Waals surface area (Å²) in [6.07, 6.45) is -2.22. The van der Waals surface area contributed by atoms with Crippen molar-refractivity contribution in [1.82, 2.24) is 0 Å². The van der Waals surface area contributed by atoms with Gasteiger partial charge in [-0.3, -0.25) is 4.79 Å². The van der Waals surface area contributed by atoms with E-state index in [1.165, 1.54) is 6.92 Å². The van der Waals surface area contributed by atoms with E-state index in [0.717, 1.165) is 0 Å². The fraction of sp³-hybridized carbons (Fsp3) is 0.857. The van der Waals surface area contributed by atoms with Crippen LogP contribution in [0.2, 0.25) is 0 Å². The molecule has 6 nitrogen and oxygen atoms in total. The van der Waals surface area contributed by atoms with Crippen LogP contribution >= 0.6 is 0 Å². The zero-order chi connectivity index (χ0) is 15.3. The predicted octanol–water partition coefficient (Wildman–Crippen LogP) is -0.178. The Bertz CT molecular complexity index is 341. The summed E-state index contributed by atoms with van der Waals surface area (Å²) in [6.45, 7) is 2.79. The van der Waals surface area contributed by atoms with Crippen molar-refractivity contribution >= 4 is 11.6 Å². The number of hydrogen-bond donors (Lipinski definition) is 3. The maximum Gasteiger partial charge on any atom is 0.135 e. The number of aliphatic hydroxyl groups is 3. The van der Waals surface area contributed by atoms with Crippen LogP contribution in [0.3, 0.4) is 0 Å². The Morgan fingerprint density at radius 3 is 2.30 bits per heavy atom. The summed E-state index contributed by atoms with van der Waals surface area (Å²) in [6, 6.07) is 0. The van der Waals surface area contributed by atoms with Gasteiger partial charge in [-0.05, 0) is 13.3 Å². The van der Waals surface area contributed by atoms with Crippen molar-refractivity contribution in [3.05, 3.63) is 0 Å². The third-order valence-corrected chi connectivity index (χ3v) is 3.80. The van der Waals surface area contributed by atoms with Gasteiger partial charge in [-0.1, -0.05) is 6.92 Å². The zero-order valence-corrected chi connectivity index (χ0v) is 12.0. The monoisotopic (exact) mass is 288 g/mol. The minimum Gasteiger partial charge on any atom is -0.394 e. The molecule has 1 saturated heterocycles. The first-order valence-corrected chi connectivity index (χ1v) is 7.00. The highest BCUT2D eigenvalue weighted by Gasteiger charge is 2.42. The van der Waals surface area contributed by atoms with Gasteiger partial charge in [0.2, 0.25) is 0 Å². The Balaban J connectivity index is 2.49. The molecule has 0 bridgehead atoms. The van der Waals surface area contributed by atoms with Gasteiger partial charge >= 0.3 is 0 Å². The van der Waals surface area contributed by atoms with Crippen molar-refractivity contribution in [2.45, 2.75) is 63.9 Å². The predicted molar refractivity (Wildman–Crippen MR) is 71.1 cm³/mol. The summed E-state index contributed by atoms with van der Waals surface area (Å²) in [7, 11) is 0. The van der Waals surface area contributed by atoms with Crippen LogP contribution in [-0.4, -0.2) is 57.9 Å². The quantitative estimate of drug-likeness (QED) is 0.600. The second kappa shape index (κ2) is 7.83. The number of aliphatic hydroxyl groups excluding tert-OH is 3. The van der Waals surface area contributed by atoms with E-state index in [0.29, 0.717) is 19.3 Å². The van der Waals surface area contributed by atoms with Gasteiger partial charge in [-0.15, -0.1) is 0 Å². The lowest BCUT2D eigenvalue weighted by molar-refractivity contribution is -0.206. The molecule has 5 unspecified atom stereocenters. The number of rotatable bonds is 7. The Labute approximate surface area is 118 Å². The van der Waals surface area contributed by atoms with Gasteiger partial charge in [0.15, 0.2) is 0 Å². The average Bonchev–Trinajstić information content (AvgIpc) is 2.39. The topological polar surface area (TPSA) is 104 Å². The molecule has 0 radical (unpaired) electrons. The van der Waals surface area contributed by atoms with Crippen LogP contribution in [0.1, 0.15) is 39.5 Å². The summed E-state index contributed by atoms with van der Waals surface area (Å²) in [5, 5.41) is 28.7. The molecule has 0 spiro atoms. The second-order valence-corrected chi connectivity index (χ2v) is 5.53. The SMILES string of the molecule is CC(=O)CCCC(=O)CC1OC(CO)C(O)C(O)C1C. The third-order valence-electron chi connectivity index (χ3n) is 3.80. The molecule has 20 heavy (non-hydrogen) atoms. The highest BCUT2D eigenvalue weighted by Crippen LogP contribution is 2.28. The van der Waals surface area contributed by atoms with E-state index in [9.17, 15) is 19.8 Å². The summed E-state index contributed by atoms with van der Waals surface area (Å²) in [5.41, 5.74) is 0. The molecule has 0 amide bonds. The number of hydrogen-bond acceptors (Lipinski definition) is 6. The van der Waals surface area contributed by atoms with Crippen LogP contribution in [0.25, 0.3) is 0 Å². The largest absolute Gasteiger partial charge is 0.394 e. The van der Waals surface area contributed by atoms with Gasteiger partial charge < -0.3 is 24.9 Å². The molecule has 0 aromatic heterocycles. The van der Waals surface area contributed by atoms with Crippen molar-refractivity contribution < 1.29 is 29.6 Å². The molecule has 3 N–H and O–H groups in total. The normalized spacial score (nSPS) is 34.0.